The van der Waals surface area contributed by atoms with E-state index in [0.29, 0.717) is 35.3 Å². The van der Waals surface area contributed by atoms with Crippen LogP contribution in [-0.2, 0) is 34.2 Å². The second kappa shape index (κ2) is 9.22. The van der Waals surface area contributed by atoms with E-state index < -0.39 is 17.5 Å². The van der Waals surface area contributed by atoms with E-state index in [1.165, 1.54) is 0 Å². The predicted molar refractivity (Wildman–Crippen MR) is 120 cm³/mol. The summed E-state index contributed by atoms with van der Waals surface area (Å²) in [4.78, 5) is 30.7. The van der Waals surface area contributed by atoms with Gasteiger partial charge in [0.2, 0.25) is 0 Å². The number of benzene rings is 1. The number of halogens is 1. The van der Waals surface area contributed by atoms with Crippen LogP contribution < -0.4 is 4.74 Å². The van der Waals surface area contributed by atoms with Crippen molar-refractivity contribution >= 4 is 23.4 Å². The Morgan fingerprint density at radius 1 is 1.28 bits per heavy atom. The molecule has 1 aromatic heterocycles. The zero-order valence-corrected chi connectivity index (χ0v) is 19.7. The maximum absolute atomic E-state index is 13.3. The smallest absolute Gasteiger partial charge is 0.317 e. The molecule has 32 heavy (non-hydrogen) atoms. The van der Waals surface area contributed by atoms with Crippen molar-refractivity contribution in [1.29, 1.82) is 0 Å². The van der Waals surface area contributed by atoms with Gasteiger partial charge in [0, 0.05) is 19.9 Å². The van der Waals surface area contributed by atoms with Gasteiger partial charge in [0.15, 0.2) is 5.78 Å². The van der Waals surface area contributed by atoms with Crippen molar-refractivity contribution < 1.29 is 19.1 Å². The molecule has 2 fully saturated rings. The zero-order chi connectivity index (χ0) is 22.9. The summed E-state index contributed by atoms with van der Waals surface area (Å²) in [6.45, 7) is 1.79. The van der Waals surface area contributed by atoms with E-state index >= 15 is 0 Å². The van der Waals surface area contributed by atoms with Gasteiger partial charge in [0.1, 0.15) is 28.9 Å². The molecule has 0 spiro atoms. The van der Waals surface area contributed by atoms with Gasteiger partial charge in [-0.2, -0.15) is 5.10 Å². The van der Waals surface area contributed by atoms with Gasteiger partial charge in [0.05, 0.1) is 12.1 Å². The summed E-state index contributed by atoms with van der Waals surface area (Å²) in [5.41, 5.74) is 0.289. The highest BCUT2D eigenvalue weighted by molar-refractivity contribution is 6.32. The minimum Gasteiger partial charge on any atom is -0.495 e. The minimum absolute atomic E-state index is 0.0541. The van der Waals surface area contributed by atoms with Crippen molar-refractivity contribution in [3.63, 3.8) is 0 Å². The molecule has 4 rings (SSSR count). The Bertz CT molecular complexity index is 995. The van der Waals surface area contributed by atoms with Crippen LogP contribution in [0.3, 0.4) is 0 Å². The van der Waals surface area contributed by atoms with Crippen LogP contribution in [0.1, 0.15) is 55.7 Å². The molecule has 2 unspecified atom stereocenters. The lowest BCUT2D eigenvalue weighted by Crippen LogP contribution is -2.52. The fourth-order valence-electron chi connectivity index (χ4n) is 5.22. The van der Waals surface area contributed by atoms with Gasteiger partial charge < -0.3 is 9.47 Å². The Kier molecular flexibility index (Phi) is 6.56. The van der Waals surface area contributed by atoms with Crippen molar-refractivity contribution in [1.82, 2.24) is 14.8 Å². The lowest BCUT2D eigenvalue weighted by Gasteiger charge is -2.43. The van der Waals surface area contributed by atoms with Crippen molar-refractivity contribution in [2.45, 2.75) is 63.9 Å². The van der Waals surface area contributed by atoms with E-state index in [2.05, 4.69) is 10.1 Å². The van der Waals surface area contributed by atoms with Crippen LogP contribution >= 0.6 is 11.6 Å². The number of carbonyl (C=O) groups excluding carboxylic acids is 2. The molecule has 8 heteroatoms. The SMILES string of the molecule is COc1ccc(CCC2(C3CCCC3)CC(=O)C(Cc3nc(C)nn3C)C(=O)O2)cc1Cl. The molecule has 0 amide bonds. The fourth-order valence-corrected chi connectivity index (χ4v) is 5.50. The lowest BCUT2D eigenvalue weighted by molar-refractivity contribution is -0.185. The molecular formula is C24H30ClN3O4. The second-order valence-electron chi connectivity index (χ2n) is 9.03. The molecule has 2 aliphatic rings. The molecule has 1 aromatic carbocycles. The van der Waals surface area contributed by atoms with Crippen molar-refractivity contribution in [3.8, 4) is 5.75 Å². The first-order valence-corrected chi connectivity index (χ1v) is 11.6. The van der Waals surface area contributed by atoms with Crippen LogP contribution in [-0.4, -0.2) is 39.2 Å². The van der Waals surface area contributed by atoms with Crippen LogP contribution in [0.15, 0.2) is 18.2 Å². The van der Waals surface area contributed by atoms with Gasteiger partial charge in [0.25, 0.3) is 0 Å². The first kappa shape index (κ1) is 22.8. The minimum atomic E-state index is -0.817. The van der Waals surface area contributed by atoms with E-state index in [0.717, 1.165) is 31.2 Å². The van der Waals surface area contributed by atoms with Gasteiger partial charge in [-0.1, -0.05) is 30.5 Å². The van der Waals surface area contributed by atoms with Crippen LogP contribution in [0.5, 0.6) is 5.75 Å². The molecule has 1 saturated heterocycles. The number of methoxy groups -OCH3 is 1. The second-order valence-corrected chi connectivity index (χ2v) is 9.44. The number of ketones is 1. The number of carbonyl (C=O) groups is 2. The topological polar surface area (TPSA) is 83.3 Å². The Balaban J connectivity index is 1.53. The average molecular weight is 460 g/mol. The number of esters is 1. The Hall–Kier alpha value is -2.41. The van der Waals surface area contributed by atoms with E-state index in [9.17, 15) is 9.59 Å². The third-order valence-corrected chi connectivity index (χ3v) is 7.24. The summed E-state index contributed by atoms with van der Waals surface area (Å²) in [6, 6.07) is 5.70. The monoisotopic (exact) mass is 459 g/mol. The third-order valence-electron chi connectivity index (χ3n) is 6.95. The molecule has 7 nitrogen and oxygen atoms in total. The molecule has 0 N–H and O–H groups in total. The predicted octanol–water partition coefficient (Wildman–Crippen LogP) is 4.02. The molecule has 2 atom stereocenters. The Morgan fingerprint density at radius 2 is 2.03 bits per heavy atom. The Labute approximate surface area is 193 Å². The number of nitrogens with zero attached hydrogens (tertiary/aromatic N) is 3. The summed E-state index contributed by atoms with van der Waals surface area (Å²) in [5.74, 6) is 0.784. The molecule has 0 bridgehead atoms. The number of Topliss-reactive ketones (excluding diaryl/α,β-unsaturated/α-hetero) is 1. The maximum atomic E-state index is 13.3. The average Bonchev–Trinajstić information content (AvgIpc) is 3.39. The number of rotatable bonds is 7. The molecule has 1 aliphatic heterocycles. The molecule has 1 aliphatic carbocycles. The normalized spacial score (nSPS) is 24.1. The largest absolute Gasteiger partial charge is 0.495 e. The van der Waals surface area contributed by atoms with Crippen LogP contribution in [0.2, 0.25) is 5.02 Å². The van der Waals surface area contributed by atoms with E-state index in [4.69, 9.17) is 21.1 Å². The van der Waals surface area contributed by atoms with Crippen LogP contribution in [0.25, 0.3) is 0 Å². The number of aryl methyl sites for hydroxylation is 3. The summed E-state index contributed by atoms with van der Waals surface area (Å²) in [6.07, 6.45) is 5.94. The van der Waals surface area contributed by atoms with E-state index in [-0.39, 0.29) is 24.5 Å². The summed E-state index contributed by atoms with van der Waals surface area (Å²) in [7, 11) is 3.36. The van der Waals surface area contributed by atoms with Crippen molar-refractivity contribution in [2.75, 3.05) is 7.11 Å². The number of cyclic esters (lactones) is 1. The Morgan fingerprint density at radius 3 is 2.62 bits per heavy atom. The molecule has 2 heterocycles. The highest BCUT2D eigenvalue weighted by Crippen LogP contribution is 2.45. The highest BCUT2D eigenvalue weighted by Gasteiger charge is 2.51. The number of aromatic nitrogens is 3. The lowest BCUT2D eigenvalue weighted by atomic mass is 9.73. The molecule has 1 saturated carbocycles. The van der Waals surface area contributed by atoms with Gasteiger partial charge in [-0.25, -0.2) is 4.98 Å². The van der Waals surface area contributed by atoms with Gasteiger partial charge in [-0.15, -0.1) is 0 Å². The quantitative estimate of drug-likeness (QED) is 0.459. The highest BCUT2D eigenvalue weighted by atomic mass is 35.5. The van der Waals surface area contributed by atoms with Crippen LogP contribution in [0, 0.1) is 18.8 Å². The van der Waals surface area contributed by atoms with Crippen LogP contribution in [0.4, 0.5) is 0 Å². The molecule has 172 valence electrons. The summed E-state index contributed by atoms with van der Waals surface area (Å²) >= 11 is 6.29. The first-order valence-electron chi connectivity index (χ1n) is 11.3. The summed E-state index contributed by atoms with van der Waals surface area (Å²) < 4.78 is 13.0. The fraction of sp³-hybridized carbons (Fsp3) is 0.583. The van der Waals surface area contributed by atoms with E-state index in [1.807, 2.05) is 18.2 Å². The molecular weight excluding hydrogens is 430 g/mol. The summed E-state index contributed by atoms with van der Waals surface area (Å²) in [5, 5.41) is 4.77. The number of hydrogen-bond acceptors (Lipinski definition) is 6. The third kappa shape index (κ3) is 4.53. The maximum Gasteiger partial charge on any atom is 0.317 e. The van der Waals surface area contributed by atoms with Crippen molar-refractivity contribution in [2.24, 2.45) is 18.9 Å². The zero-order valence-electron chi connectivity index (χ0n) is 18.9. The van der Waals surface area contributed by atoms with Crippen molar-refractivity contribution in [3.05, 3.63) is 40.4 Å². The van der Waals surface area contributed by atoms with Gasteiger partial charge >= 0.3 is 5.97 Å². The standard InChI is InChI=1S/C24H30ClN3O4/c1-15-26-22(28(2)27-15)13-18-20(29)14-24(32-23(18)30,17-6-4-5-7-17)11-10-16-8-9-21(31-3)19(25)12-16/h8-9,12,17-18H,4-7,10-11,13-14H2,1-3H3. The van der Waals surface area contributed by atoms with Gasteiger partial charge in [-0.05, 0) is 56.2 Å². The van der Waals surface area contributed by atoms with Gasteiger partial charge in [-0.3, -0.25) is 14.3 Å². The number of hydrogen-bond donors (Lipinski definition) is 0. The van der Waals surface area contributed by atoms with E-state index in [1.54, 1.807) is 25.8 Å². The first-order chi connectivity index (χ1) is 15.3. The molecule has 2 aromatic rings. The molecule has 0 radical (unpaired) electrons. The number of ether oxygens (including phenoxy) is 2.